The first-order valence-corrected chi connectivity index (χ1v) is 10.5. The Balaban J connectivity index is 0.000000406. The molecule has 1 aromatic carbocycles. The lowest BCUT2D eigenvalue weighted by Crippen LogP contribution is -2.46. The van der Waals surface area contributed by atoms with Gasteiger partial charge in [0.05, 0.1) is 12.1 Å². The summed E-state index contributed by atoms with van der Waals surface area (Å²) in [5.74, 6) is -2.70. The molecular formula is C23H26F3N5O3. The van der Waals surface area contributed by atoms with Crippen LogP contribution in [0.3, 0.4) is 0 Å². The number of alkyl halides is 3. The van der Waals surface area contributed by atoms with Crippen molar-refractivity contribution in [1.82, 2.24) is 14.8 Å². The lowest BCUT2D eigenvalue weighted by molar-refractivity contribution is -0.192. The van der Waals surface area contributed by atoms with Gasteiger partial charge >= 0.3 is 12.1 Å². The lowest BCUT2D eigenvalue weighted by Gasteiger charge is -2.33. The number of hydrogen-bond acceptors (Lipinski definition) is 5. The van der Waals surface area contributed by atoms with E-state index in [1.54, 1.807) is 4.68 Å². The van der Waals surface area contributed by atoms with Crippen LogP contribution in [0.5, 0.6) is 0 Å². The fourth-order valence-corrected chi connectivity index (χ4v) is 4.23. The van der Waals surface area contributed by atoms with Gasteiger partial charge in [-0.1, -0.05) is 18.2 Å². The summed E-state index contributed by atoms with van der Waals surface area (Å²) in [6.45, 7) is 6.56. The molecule has 34 heavy (non-hydrogen) atoms. The number of carbonyl (C=O) groups is 2. The van der Waals surface area contributed by atoms with Gasteiger partial charge in [0.2, 0.25) is 5.91 Å². The Labute approximate surface area is 194 Å². The van der Waals surface area contributed by atoms with Gasteiger partial charge in [-0.15, -0.1) is 0 Å². The first-order valence-electron chi connectivity index (χ1n) is 10.5. The van der Waals surface area contributed by atoms with E-state index in [0.717, 1.165) is 51.2 Å². The van der Waals surface area contributed by atoms with E-state index < -0.39 is 12.1 Å². The van der Waals surface area contributed by atoms with Gasteiger partial charge in [0, 0.05) is 36.4 Å². The highest BCUT2D eigenvalue weighted by Gasteiger charge is 2.38. The molecule has 182 valence electrons. The second-order valence-electron chi connectivity index (χ2n) is 8.29. The summed E-state index contributed by atoms with van der Waals surface area (Å²) in [5.41, 5.74) is 13.1. The van der Waals surface area contributed by atoms with Crippen molar-refractivity contribution in [3.63, 3.8) is 0 Å². The van der Waals surface area contributed by atoms with E-state index in [-0.39, 0.29) is 11.9 Å². The third kappa shape index (κ3) is 5.04. The molecule has 11 heteroatoms. The average Bonchev–Trinajstić information content (AvgIpc) is 3.03. The molecule has 4 rings (SSSR count). The Morgan fingerprint density at radius 1 is 1.18 bits per heavy atom. The van der Waals surface area contributed by atoms with E-state index in [0.29, 0.717) is 13.0 Å². The van der Waals surface area contributed by atoms with Gasteiger partial charge in [-0.25, -0.2) is 9.78 Å². The second-order valence-corrected chi connectivity index (χ2v) is 8.29. The average molecular weight is 477 g/mol. The Bertz CT molecular complexity index is 1250. The van der Waals surface area contributed by atoms with Crippen molar-refractivity contribution in [3.05, 3.63) is 52.3 Å². The number of aryl methyl sites for hydroxylation is 4. The number of rotatable bonds is 2. The number of aliphatic carboxylic acids is 1. The largest absolute Gasteiger partial charge is 0.490 e. The molecule has 1 amide bonds. The van der Waals surface area contributed by atoms with Gasteiger partial charge in [0.1, 0.15) is 0 Å². The van der Waals surface area contributed by atoms with Gasteiger partial charge in [-0.05, 0) is 49.9 Å². The normalized spacial score (nSPS) is 15.5. The van der Waals surface area contributed by atoms with Crippen molar-refractivity contribution in [1.29, 1.82) is 0 Å². The van der Waals surface area contributed by atoms with Crippen molar-refractivity contribution in [2.75, 3.05) is 11.4 Å². The number of carboxylic acids is 1. The molecule has 0 saturated heterocycles. The number of fused-ring (bicyclic) bond motifs is 2. The Kier molecular flexibility index (Phi) is 6.97. The van der Waals surface area contributed by atoms with Gasteiger partial charge in [-0.3, -0.25) is 9.48 Å². The highest BCUT2D eigenvalue weighted by atomic mass is 19.4. The molecule has 0 radical (unpaired) electrons. The fraction of sp³-hybridized carbons (Fsp3) is 0.391. The number of pyridine rings is 1. The Morgan fingerprint density at radius 2 is 1.79 bits per heavy atom. The molecule has 0 bridgehead atoms. The van der Waals surface area contributed by atoms with Gasteiger partial charge in [0.15, 0.2) is 5.65 Å². The third-order valence-corrected chi connectivity index (χ3v) is 5.78. The van der Waals surface area contributed by atoms with Crippen LogP contribution in [-0.4, -0.2) is 50.5 Å². The van der Waals surface area contributed by atoms with Crippen LogP contribution in [0.1, 0.15) is 28.1 Å². The minimum absolute atomic E-state index is 0.0350. The number of nitrogens with zero attached hydrogens (tertiary/aromatic N) is 4. The molecule has 0 aliphatic carbocycles. The smallest absolute Gasteiger partial charge is 0.475 e. The zero-order valence-corrected chi connectivity index (χ0v) is 19.3. The fourth-order valence-electron chi connectivity index (χ4n) is 4.23. The van der Waals surface area contributed by atoms with Crippen molar-refractivity contribution in [2.24, 2.45) is 12.8 Å². The minimum atomic E-state index is -5.08. The van der Waals surface area contributed by atoms with Gasteiger partial charge in [-0.2, -0.15) is 18.3 Å². The van der Waals surface area contributed by atoms with Gasteiger partial charge < -0.3 is 15.7 Å². The van der Waals surface area contributed by atoms with Crippen LogP contribution in [0.25, 0.3) is 11.0 Å². The van der Waals surface area contributed by atoms with Gasteiger partial charge in [0.25, 0.3) is 0 Å². The Morgan fingerprint density at radius 3 is 2.41 bits per heavy atom. The maximum absolute atomic E-state index is 13.2. The van der Waals surface area contributed by atoms with Crippen LogP contribution in [-0.2, 0) is 29.5 Å². The molecule has 3 N–H and O–H groups in total. The molecule has 0 saturated carbocycles. The lowest BCUT2D eigenvalue weighted by atomic mass is 9.96. The highest BCUT2D eigenvalue weighted by molar-refractivity contribution is 5.97. The molecule has 1 aliphatic heterocycles. The van der Waals surface area contributed by atoms with E-state index in [4.69, 9.17) is 20.6 Å². The summed E-state index contributed by atoms with van der Waals surface area (Å²) < 4.78 is 33.5. The van der Waals surface area contributed by atoms with E-state index >= 15 is 0 Å². The number of amides is 1. The first kappa shape index (κ1) is 25.2. The second kappa shape index (κ2) is 9.41. The minimum Gasteiger partial charge on any atom is -0.475 e. The van der Waals surface area contributed by atoms with E-state index in [9.17, 15) is 18.0 Å². The molecule has 1 atom stereocenters. The number of nitrogens with two attached hydrogens (primary N) is 1. The number of aromatic nitrogens is 3. The number of anilines is 1. The topological polar surface area (TPSA) is 114 Å². The summed E-state index contributed by atoms with van der Waals surface area (Å²) in [4.78, 5) is 28.7. The maximum atomic E-state index is 13.2. The Hall–Kier alpha value is -3.47. The number of halogens is 3. The van der Waals surface area contributed by atoms with Crippen LogP contribution in [0.15, 0.2) is 24.3 Å². The summed E-state index contributed by atoms with van der Waals surface area (Å²) in [5, 5.41) is 12.7. The van der Waals surface area contributed by atoms with Crippen LogP contribution in [0.2, 0.25) is 0 Å². The zero-order valence-electron chi connectivity index (χ0n) is 19.3. The van der Waals surface area contributed by atoms with Crippen LogP contribution >= 0.6 is 0 Å². The predicted molar refractivity (Wildman–Crippen MR) is 121 cm³/mol. The summed E-state index contributed by atoms with van der Waals surface area (Å²) in [6, 6.07) is 7.99. The summed E-state index contributed by atoms with van der Waals surface area (Å²) in [7, 11) is 1.90. The molecule has 3 heterocycles. The van der Waals surface area contributed by atoms with Crippen molar-refractivity contribution in [3.8, 4) is 0 Å². The zero-order chi connectivity index (χ0) is 25.4. The molecule has 1 aliphatic rings. The maximum Gasteiger partial charge on any atom is 0.490 e. The standard InChI is InChI=1S/C21H25N5O.C2HF3O2/c1-12-17(13(2)23-21-20(12)14(3)24-25(21)4)10-19(27)26-11-16(22)9-15-7-5-6-8-18(15)26;3-2(4,5)1(6)7/h5-8,16H,9-11,22H2,1-4H3;(H,6,7). The van der Waals surface area contributed by atoms with Crippen LogP contribution in [0, 0.1) is 20.8 Å². The van der Waals surface area contributed by atoms with Crippen molar-refractivity contribution in [2.45, 2.75) is 45.8 Å². The van der Waals surface area contributed by atoms with Crippen LogP contribution in [0.4, 0.5) is 18.9 Å². The number of carboxylic acid groups (broad SMARTS) is 1. The SMILES string of the molecule is Cc1nc2c(c(C)nn2C)c(C)c1CC(=O)N1CC(N)Cc2ccccc21.O=C(O)C(F)(F)F. The quantitative estimate of drug-likeness (QED) is 0.587. The molecule has 3 aromatic rings. The number of benzene rings is 1. The first-order chi connectivity index (χ1) is 15.8. The molecular weight excluding hydrogens is 451 g/mol. The highest BCUT2D eigenvalue weighted by Crippen LogP contribution is 2.29. The van der Waals surface area contributed by atoms with Crippen molar-refractivity contribution < 1.29 is 27.9 Å². The molecule has 8 nitrogen and oxygen atoms in total. The van der Waals surface area contributed by atoms with E-state index in [2.05, 4.69) is 18.1 Å². The summed E-state index contributed by atoms with van der Waals surface area (Å²) >= 11 is 0. The predicted octanol–water partition coefficient (Wildman–Crippen LogP) is 2.99. The summed E-state index contributed by atoms with van der Waals surface area (Å²) in [6.07, 6.45) is -3.96. The number of hydrogen-bond donors (Lipinski definition) is 2. The molecule has 2 aromatic heterocycles. The number of para-hydroxylation sites is 1. The molecule has 0 fully saturated rings. The molecule has 0 spiro atoms. The van der Waals surface area contributed by atoms with E-state index in [1.165, 1.54) is 0 Å². The monoisotopic (exact) mass is 477 g/mol. The third-order valence-electron chi connectivity index (χ3n) is 5.78. The number of carbonyl (C=O) groups excluding carboxylic acids is 1. The van der Waals surface area contributed by atoms with Crippen LogP contribution < -0.4 is 10.6 Å². The van der Waals surface area contributed by atoms with Crippen molar-refractivity contribution >= 4 is 28.6 Å². The van der Waals surface area contributed by atoms with E-state index in [1.807, 2.05) is 44.0 Å². The molecule has 1 unspecified atom stereocenters.